The maximum absolute atomic E-state index is 13.7. The number of benzene rings is 3. The highest BCUT2D eigenvalue weighted by Crippen LogP contribution is 2.35. The molecule has 32 heavy (non-hydrogen) atoms. The van der Waals surface area contributed by atoms with E-state index in [1.165, 1.54) is 18.2 Å². The van der Waals surface area contributed by atoms with Crippen LogP contribution in [0.15, 0.2) is 78.5 Å². The predicted octanol–water partition coefficient (Wildman–Crippen LogP) is 5.32. The van der Waals surface area contributed by atoms with Crippen molar-refractivity contribution in [3.63, 3.8) is 0 Å². The molecule has 5 nitrogen and oxygen atoms in total. The molecule has 0 atom stereocenters. The van der Waals surface area contributed by atoms with E-state index in [1.54, 1.807) is 42.5 Å². The van der Waals surface area contributed by atoms with Gasteiger partial charge in [-0.3, -0.25) is 9.59 Å². The molecule has 0 aliphatic carbocycles. The first-order valence-electron chi connectivity index (χ1n) is 10.4. The Bertz CT molecular complexity index is 1200. The largest absolute Gasteiger partial charge is 0.494 e. The van der Waals surface area contributed by atoms with Crippen molar-refractivity contribution in [2.75, 3.05) is 16.8 Å². The summed E-state index contributed by atoms with van der Waals surface area (Å²) in [5, 5.41) is 2.97. The monoisotopic (exact) mass is 430 g/mol. The van der Waals surface area contributed by atoms with E-state index in [1.807, 2.05) is 26.0 Å². The summed E-state index contributed by atoms with van der Waals surface area (Å²) in [4.78, 5) is 28.1. The van der Waals surface area contributed by atoms with Crippen molar-refractivity contribution in [2.45, 2.75) is 20.3 Å². The lowest BCUT2D eigenvalue weighted by molar-refractivity contribution is -0.120. The van der Waals surface area contributed by atoms with Gasteiger partial charge >= 0.3 is 0 Å². The summed E-state index contributed by atoms with van der Waals surface area (Å²) in [5.41, 5.74) is 2.59. The lowest BCUT2D eigenvalue weighted by Gasteiger charge is -2.17. The van der Waals surface area contributed by atoms with E-state index in [-0.39, 0.29) is 11.3 Å². The average Bonchev–Trinajstić information content (AvgIpc) is 3.02. The van der Waals surface area contributed by atoms with Crippen molar-refractivity contribution in [1.29, 1.82) is 0 Å². The van der Waals surface area contributed by atoms with Crippen LogP contribution in [0, 0.1) is 12.7 Å². The van der Waals surface area contributed by atoms with Gasteiger partial charge < -0.3 is 10.1 Å². The molecular formula is C26H23FN2O3. The Morgan fingerprint density at radius 2 is 1.69 bits per heavy atom. The van der Waals surface area contributed by atoms with Gasteiger partial charge in [-0.2, -0.15) is 0 Å². The van der Waals surface area contributed by atoms with Crippen LogP contribution in [0.5, 0.6) is 5.75 Å². The Hall–Kier alpha value is -3.93. The van der Waals surface area contributed by atoms with Crippen molar-refractivity contribution in [1.82, 2.24) is 0 Å². The molecule has 0 spiro atoms. The molecule has 0 fully saturated rings. The van der Waals surface area contributed by atoms with Crippen LogP contribution in [0.4, 0.5) is 15.8 Å². The topological polar surface area (TPSA) is 58.6 Å². The maximum atomic E-state index is 13.7. The zero-order chi connectivity index (χ0) is 22.7. The molecule has 162 valence electrons. The summed E-state index contributed by atoms with van der Waals surface area (Å²) >= 11 is 0. The second-order valence-electron chi connectivity index (χ2n) is 7.49. The maximum Gasteiger partial charge on any atom is 0.282 e. The minimum atomic E-state index is -0.491. The molecule has 0 radical (unpaired) electrons. The van der Waals surface area contributed by atoms with E-state index < -0.39 is 17.6 Å². The summed E-state index contributed by atoms with van der Waals surface area (Å²) in [6, 6.07) is 20.0. The third kappa shape index (κ3) is 4.12. The first-order chi connectivity index (χ1) is 15.5. The Balaban J connectivity index is 1.78. The number of nitrogens with one attached hydrogen (secondary N) is 1. The molecule has 1 heterocycles. The number of ether oxygens (including phenoxy) is 1. The van der Waals surface area contributed by atoms with Gasteiger partial charge in [0.2, 0.25) is 0 Å². The Kier molecular flexibility index (Phi) is 6.03. The average molecular weight is 430 g/mol. The summed E-state index contributed by atoms with van der Waals surface area (Å²) in [5.74, 6) is -0.689. The minimum Gasteiger partial charge on any atom is -0.494 e. The van der Waals surface area contributed by atoms with Crippen LogP contribution in [-0.2, 0) is 9.59 Å². The molecule has 1 N–H and O–H groups in total. The lowest BCUT2D eigenvalue weighted by atomic mass is 10.0. The fourth-order valence-corrected chi connectivity index (χ4v) is 3.59. The third-order valence-corrected chi connectivity index (χ3v) is 5.15. The molecule has 0 bridgehead atoms. The molecule has 2 amide bonds. The van der Waals surface area contributed by atoms with Gasteiger partial charge in [0.05, 0.1) is 17.9 Å². The van der Waals surface area contributed by atoms with E-state index in [4.69, 9.17) is 4.74 Å². The Morgan fingerprint density at radius 1 is 0.938 bits per heavy atom. The zero-order valence-corrected chi connectivity index (χ0v) is 17.9. The van der Waals surface area contributed by atoms with Crippen LogP contribution in [0.2, 0.25) is 0 Å². The van der Waals surface area contributed by atoms with Gasteiger partial charge in [0, 0.05) is 5.69 Å². The molecule has 4 rings (SSSR count). The molecule has 0 saturated heterocycles. The highest BCUT2D eigenvalue weighted by Gasteiger charge is 2.40. The number of carbonyl (C=O) groups is 2. The highest BCUT2D eigenvalue weighted by molar-refractivity contribution is 6.46. The summed E-state index contributed by atoms with van der Waals surface area (Å²) < 4.78 is 19.4. The summed E-state index contributed by atoms with van der Waals surface area (Å²) in [6.45, 7) is 4.45. The predicted molar refractivity (Wildman–Crippen MR) is 123 cm³/mol. The van der Waals surface area contributed by atoms with Gasteiger partial charge in [0.15, 0.2) is 0 Å². The number of imide groups is 1. The quantitative estimate of drug-likeness (QED) is 0.516. The van der Waals surface area contributed by atoms with E-state index in [0.717, 1.165) is 16.9 Å². The lowest BCUT2D eigenvalue weighted by Crippen LogP contribution is -2.33. The van der Waals surface area contributed by atoms with Crippen molar-refractivity contribution in [3.8, 4) is 5.75 Å². The number of anilines is 2. The molecular weight excluding hydrogens is 407 g/mol. The third-order valence-electron chi connectivity index (χ3n) is 5.15. The van der Waals surface area contributed by atoms with Gasteiger partial charge in [0.1, 0.15) is 17.3 Å². The Morgan fingerprint density at radius 3 is 2.38 bits per heavy atom. The first-order valence-corrected chi connectivity index (χ1v) is 10.4. The van der Waals surface area contributed by atoms with Crippen molar-refractivity contribution in [3.05, 3.63) is 95.4 Å². The van der Waals surface area contributed by atoms with Gasteiger partial charge in [0.25, 0.3) is 11.8 Å². The number of hydrogen-bond acceptors (Lipinski definition) is 4. The number of hydrogen-bond donors (Lipinski definition) is 1. The van der Waals surface area contributed by atoms with Crippen LogP contribution >= 0.6 is 0 Å². The highest BCUT2D eigenvalue weighted by atomic mass is 19.1. The fourth-order valence-electron chi connectivity index (χ4n) is 3.59. The Labute approximate surface area is 186 Å². The van der Waals surface area contributed by atoms with Crippen molar-refractivity contribution in [2.24, 2.45) is 0 Å². The standard InChI is InChI=1S/C26H23FN2O3/c1-3-15-32-21-13-11-18(12-14-21)23-24(28-20-9-6-8-19(27)16-20)26(31)29(25(23)30)22-10-5-4-7-17(22)2/h4-14,16,28H,3,15H2,1-2H3. The summed E-state index contributed by atoms with van der Waals surface area (Å²) in [6.07, 6.45) is 0.882. The fraction of sp³-hybridized carbons (Fsp3) is 0.154. The van der Waals surface area contributed by atoms with Crippen molar-refractivity contribution >= 4 is 28.8 Å². The second-order valence-corrected chi connectivity index (χ2v) is 7.49. The number of rotatable bonds is 7. The SMILES string of the molecule is CCCOc1ccc(C2=C(Nc3cccc(F)c3)C(=O)N(c3ccccc3C)C2=O)cc1. The molecule has 1 aliphatic rings. The van der Waals surface area contributed by atoms with E-state index in [0.29, 0.717) is 29.3 Å². The van der Waals surface area contributed by atoms with Gasteiger partial charge in [-0.05, 0) is 60.9 Å². The molecule has 0 unspecified atom stereocenters. The number of aryl methyl sites for hydroxylation is 1. The van der Waals surface area contributed by atoms with Gasteiger partial charge in [-0.15, -0.1) is 0 Å². The van der Waals surface area contributed by atoms with Crippen LogP contribution in [0.3, 0.4) is 0 Å². The summed E-state index contributed by atoms with van der Waals surface area (Å²) in [7, 11) is 0. The zero-order valence-electron chi connectivity index (χ0n) is 17.9. The number of carbonyl (C=O) groups excluding carboxylic acids is 2. The van der Waals surface area contributed by atoms with Crippen LogP contribution in [0.1, 0.15) is 24.5 Å². The van der Waals surface area contributed by atoms with Gasteiger partial charge in [-0.1, -0.05) is 43.3 Å². The number of para-hydroxylation sites is 1. The molecule has 0 aromatic heterocycles. The molecule has 3 aromatic carbocycles. The van der Waals surface area contributed by atoms with E-state index in [2.05, 4.69) is 5.32 Å². The number of halogens is 1. The van der Waals surface area contributed by atoms with Crippen LogP contribution in [0.25, 0.3) is 5.57 Å². The minimum absolute atomic E-state index is 0.103. The normalized spacial score (nSPS) is 13.7. The van der Waals surface area contributed by atoms with E-state index in [9.17, 15) is 14.0 Å². The molecule has 0 saturated carbocycles. The van der Waals surface area contributed by atoms with Crippen LogP contribution < -0.4 is 15.0 Å². The molecule has 3 aromatic rings. The molecule has 1 aliphatic heterocycles. The van der Waals surface area contributed by atoms with Crippen molar-refractivity contribution < 1.29 is 18.7 Å². The molecule has 6 heteroatoms. The van der Waals surface area contributed by atoms with E-state index >= 15 is 0 Å². The smallest absolute Gasteiger partial charge is 0.282 e. The number of nitrogens with zero attached hydrogens (tertiary/aromatic N) is 1. The van der Waals surface area contributed by atoms with Gasteiger partial charge in [-0.25, -0.2) is 9.29 Å². The first kappa shape index (κ1) is 21.3. The second kappa shape index (κ2) is 9.06. The number of amides is 2. The van der Waals surface area contributed by atoms with Crippen LogP contribution in [-0.4, -0.2) is 18.4 Å².